The van der Waals surface area contributed by atoms with Crippen LogP contribution in [0.2, 0.25) is 0 Å². The molecule has 0 aliphatic carbocycles. The highest BCUT2D eigenvalue weighted by molar-refractivity contribution is 5.83. The van der Waals surface area contributed by atoms with Crippen LogP contribution in [0, 0.1) is 17.6 Å². The topological polar surface area (TPSA) is 75.0 Å². The highest BCUT2D eigenvalue weighted by Crippen LogP contribution is 2.33. The van der Waals surface area contributed by atoms with E-state index in [1.807, 2.05) is 22.9 Å². The van der Waals surface area contributed by atoms with Crippen LogP contribution in [0.15, 0.2) is 36.7 Å². The van der Waals surface area contributed by atoms with E-state index in [1.54, 1.807) is 6.07 Å². The number of piperazine rings is 1. The summed E-state index contributed by atoms with van der Waals surface area (Å²) in [6.45, 7) is 11.4. The van der Waals surface area contributed by atoms with E-state index in [4.69, 9.17) is 0 Å². The summed E-state index contributed by atoms with van der Waals surface area (Å²) in [7, 11) is 0. The summed E-state index contributed by atoms with van der Waals surface area (Å²) in [4.78, 5) is 22.4. The summed E-state index contributed by atoms with van der Waals surface area (Å²) in [5.74, 6) is 1.03. The number of rotatable bonds is 7. The Morgan fingerprint density at radius 1 is 0.947 bits per heavy atom. The van der Waals surface area contributed by atoms with Crippen LogP contribution in [0.4, 0.5) is 20.5 Å². The Kier molecular flexibility index (Phi) is 6.75. The molecule has 1 fully saturated rings. The van der Waals surface area contributed by atoms with Gasteiger partial charge in [0.1, 0.15) is 22.9 Å². The van der Waals surface area contributed by atoms with Gasteiger partial charge < -0.3 is 14.8 Å². The van der Waals surface area contributed by atoms with Gasteiger partial charge in [-0.3, -0.25) is 4.90 Å². The van der Waals surface area contributed by atoms with Gasteiger partial charge in [-0.2, -0.15) is 0 Å². The van der Waals surface area contributed by atoms with Crippen molar-refractivity contribution in [1.29, 1.82) is 0 Å². The van der Waals surface area contributed by atoms with E-state index >= 15 is 4.39 Å². The maximum atomic E-state index is 15.0. The van der Waals surface area contributed by atoms with Crippen LogP contribution in [0.5, 0.6) is 0 Å². The maximum absolute atomic E-state index is 15.0. The van der Waals surface area contributed by atoms with Crippen molar-refractivity contribution in [1.82, 2.24) is 34.3 Å². The second-order valence-electron chi connectivity index (χ2n) is 10.2. The zero-order chi connectivity index (χ0) is 26.2. The third kappa shape index (κ3) is 4.86. The summed E-state index contributed by atoms with van der Waals surface area (Å²) in [5.41, 5.74) is 2.51. The molecule has 10 heteroatoms. The van der Waals surface area contributed by atoms with Crippen molar-refractivity contribution in [3.63, 3.8) is 0 Å². The molecule has 1 saturated heterocycles. The van der Waals surface area contributed by atoms with E-state index in [0.29, 0.717) is 28.3 Å². The van der Waals surface area contributed by atoms with Crippen LogP contribution in [0.3, 0.4) is 0 Å². The van der Waals surface area contributed by atoms with E-state index in [-0.39, 0.29) is 11.6 Å². The molecule has 0 radical (unpaired) electrons. The van der Waals surface area contributed by atoms with E-state index in [1.165, 1.54) is 6.07 Å². The van der Waals surface area contributed by atoms with Crippen molar-refractivity contribution >= 4 is 22.8 Å². The highest BCUT2D eigenvalue weighted by atomic mass is 19.1. The minimum absolute atomic E-state index is 0.0340. The lowest BCUT2D eigenvalue weighted by molar-refractivity contribution is 0.132. The molecular weight excluding hydrogens is 486 g/mol. The van der Waals surface area contributed by atoms with Crippen LogP contribution in [0.25, 0.3) is 22.3 Å². The fourth-order valence-corrected chi connectivity index (χ4v) is 5.44. The number of hydrogen-bond donors (Lipinski definition) is 1. The molecule has 1 unspecified atom stereocenters. The molecule has 1 aromatic carbocycles. The number of pyridine rings is 1. The Morgan fingerprint density at radius 2 is 1.76 bits per heavy atom. The Morgan fingerprint density at radius 3 is 2.50 bits per heavy atom. The first-order valence-electron chi connectivity index (χ1n) is 13.4. The van der Waals surface area contributed by atoms with Crippen LogP contribution in [-0.4, -0.2) is 67.0 Å². The Labute approximate surface area is 220 Å². The second-order valence-corrected chi connectivity index (χ2v) is 10.2. The second kappa shape index (κ2) is 10.3. The fourth-order valence-electron chi connectivity index (χ4n) is 5.44. The Hall–Kier alpha value is -3.50. The zero-order valence-electron chi connectivity index (χ0n) is 21.8. The van der Waals surface area contributed by atoms with E-state index in [0.717, 1.165) is 76.2 Å². The van der Waals surface area contributed by atoms with Crippen molar-refractivity contribution < 1.29 is 8.78 Å². The maximum Gasteiger partial charge on any atom is 0.229 e. The molecule has 198 valence electrons. The summed E-state index contributed by atoms with van der Waals surface area (Å²) in [6, 6.07) is 6.97. The number of hydrogen-bond acceptors (Lipinski definition) is 7. The van der Waals surface area contributed by atoms with Gasteiger partial charge in [-0.15, -0.1) is 0 Å². The van der Waals surface area contributed by atoms with Gasteiger partial charge in [0, 0.05) is 57.4 Å². The normalized spacial score (nSPS) is 18.3. The molecule has 1 atom stereocenters. The molecule has 0 amide bonds. The lowest BCUT2D eigenvalue weighted by atomic mass is 10.1. The number of fused-ring (bicyclic) bond motifs is 3. The van der Waals surface area contributed by atoms with Gasteiger partial charge in [-0.05, 0) is 36.2 Å². The van der Waals surface area contributed by atoms with Gasteiger partial charge in [0.2, 0.25) is 5.95 Å². The first-order valence-corrected chi connectivity index (χ1v) is 13.4. The molecule has 1 N–H and O–H groups in total. The van der Waals surface area contributed by atoms with Crippen LogP contribution in [-0.2, 0) is 19.5 Å². The largest absolute Gasteiger partial charge is 0.328 e. The van der Waals surface area contributed by atoms with Crippen molar-refractivity contribution in [2.75, 3.05) is 38.0 Å². The van der Waals surface area contributed by atoms with Gasteiger partial charge in [0.05, 0.1) is 11.7 Å². The van der Waals surface area contributed by atoms with Crippen molar-refractivity contribution in [3.8, 4) is 11.3 Å². The number of anilines is 2. The van der Waals surface area contributed by atoms with Gasteiger partial charge in [0.25, 0.3) is 0 Å². The molecular formula is C28H32F2N8. The molecule has 6 rings (SSSR count). The molecule has 3 aromatic heterocycles. The predicted molar refractivity (Wildman–Crippen MR) is 143 cm³/mol. The van der Waals surface area contributed by atoms with Gasteiger partial charge in [-0.1, -0.05) is 26.3 Å². The van der Waals surface area contributed by atoms with Gasteiger partial charge in [-0.25, -0.2) is 28.7 Å². The smallest absolute Gasteiger partial charge is 0.229 e. The molecule has 4 aromatic rings. The lowest BCUT2D eigenvalue weighted by Crippen LogP contribution is -2.45. The molecule has 8 nitrogen and oxygen atoms in total. The van der Waals surface area contributed by atoms with Crippen molar-refractivity contribution in [2.24, 2.45) is 5.92 Å². The van der Waals surface area contributed by atoms with Gasteiger partial charge >= 0.3 is 0 Å². The Bertz CT molecular complexity index is 1440. The number of aromatic nitrogens is 5. The summed E-state index contributed by atoms with van der Waals surface area (Å²) >= 11 is 0. The third-order valence-corrected chi connectivity index (χ3v) is 7.78. The Balaban J connectivity index is 1.20. The SMILES string of the molecule is CCC1Cc2nc3c(F)cc(-c4nc(Nc5ccc(CN6CCN(CC)CC6)cn5)ncc4F)cc3n2C1. The standard InChI is InChI=1S/C28H32F2N8/c1-3-18-11-25-34-27-21(29)12-20(13-23(27)38(25)17-18)26-22(30)15-32-28(35-26)33-24-6-5-19(14-31-24)16-37-9-7-36(4-2)8-10-37/h5-6,12-15,18H,3-4,7-11,16-17H2,1-2H3,(H,31,32,33,35). The number of imidazole rings is 1. The molecule has 0 bridgehead atoms. The van der Waals surface area contributed by atoms with Crippen LogP contribution >= 0.6 is 0 Å². The average Bonchev–Trinajstić information content (AvgIpc) is 3.50. The molecule has 2 aliphatic heterocycles. The summed E-state index contributed by atoms with van der Waals surface area (Å²) in [5, 5.41) is 3.06. The van der Waals surface area contributed by atoms with Gasteiger partial charge in [0.15, 0.2) is 11.6 Å². The highest BCUT2D eigenvalue weighted by Gasteiger charge is 2.26. The number of benzene rings is 1. The van der Waals surface area contributed by atoms with Crippen molar-refractivity contribution in [2.45, 2.75) is 39.8 Å². The summed E-state index contributed by atoms with van der Waals surface area (Å²) in [6.07, 6.45) is 4.81. The van der Waals surface area contributed by atoms with Crippen LogP contribution < -0.4 is 5.32 Å². The van der Waals surface area contributed by atoms with E-state index in [9.17, 15) is 4.39 Å². The number of nitrogens with zero attached hydrogens (tertiary/aromatic N) is 7. The molecule has 38 heavy (non-hydrogen) atoms. The van der Waals surface area contributed by atoms with Crippen molar-refractivity contribution in [3.05, 3.63) is 59.7 Å². The number of nitrogens with one attached hydrogen (secondary N) is 1. The first kappa shape index (κ1) is 24.8. The number of likely N-dealkylation sites (N-methyl/N-ethyl adjacent to an activating group) is 1. The molecule has 5 heterocycles. The lowest BCUT2D eigenvalue weighted by Gasteiger charge is -2.33. The third-order valence-electron chi connectivity index (χ3n) is 7.78. The average molecular weight is 519 g/mol. The zero-order valence-corrected chi connectivity index (χ0v) is 21.8. The minimum atomic E-state index is -0.617. The molecule has 0 spiro atoms. The monoisotopic (exact) mass is 518 g/mol. The first-order chi connectivity index (χ1) is 18.5. The number of halogens is 2. The molecule has 2 aliphatic rings. The fraction of sp³-hybridized carbons (Fsp3) is 0.429. The van der Waals surface area contributed by atoms with Crippen LogP contribution in [0.1, 0.15) is 31.7 Å². The quantitative estimate of drug-likeness (QED) is 0.382. The molecule has 0 saturated carbocycles. The summed E-state index contributed by atoms with van der Waals surface area (Å²) < 4.78 is 31.9. The minimum Gasteiger partial charge on any atom is -0.328 e. The van der Waals surface area contributed by atoms with E-state index < -0.39 is 11.6 Å². The van der Waals surface area contributed by atoms with E-state index in [2.05, 4.69) is 48.9 Å². The predicted octanol–water partition coefficient (Wildman–Crippen LogP) is 4.63.